The van der Waals surface area contributed by atoms with Gasteiger partial charge >= 0.3 is 0 Å². The Bertz CT molecular complexity index is 359. The maximum absolute atomic E-state index is 10.0. The van der Waals surface area contributed by atoms with Gasteiger partial charge in [0.05, 0.1) is 5.88 Å². The lowest BCUT2D eigenvalue weighted by Crippen LogP contribution is -2.23. The molecule has 2 nitrogen and oxygen atoms in total. The molecular formula is C11H15NOS2. The van der Waals surface area contributed by atoms with Crippen LogP contribution in [0, 0.1) is 0 Å². The minimum absolute atomic E-state index is 0.355. The number of aliphatic hydroxyl groups excluding tert-OH is 1. The van der Waals surface area contributed by atoms with Crippen molar-refractivity contribution in [2.75, 3.05) is 12.4 Å². The van der Waals surface area contributed by atoms with Crippen LogP contribution < -0.4 is 0 Å². The number of allylic oxidation sites excluding steroid dienone is 2. The zero-order valence-corrected chi connectivity index (χ0v) is 10.6. The average molecular weight is 241 g/mol. The molecule has 1 aromatic rings. The molecule has 1 N–H and O–H groups in total. The van der Waals surface area contributed by atoms with Crippen LogP contribution in [0.5, 0.6) is 0 Å². The molecule has 15 heavy (non-hydrogen) atoms. The third-order valence-corrected chi connectivity index (χ3v) is 4.83. The van der Waals surface area contributed by atoms with Gasteiger partial charge in [-0.25, -0.2) is 0 Å². The topological polar surface area (TPSA) is 23.5 Å². The molecule has 0 spiro atoms. The number of aliphatic hydroxyl groups is 1. The monoisotopic (exact) mass is 241 g/mol. The van der Waals surface area contributed by atoms with Crippen LogP contribution in [-0.4, -0.2) is 22.4 Å². The van der Waals surface area contributed by atoms with Crippen LogP contribution >= 0.6 is 23.1 Å². The molecule has 2 heterocycles. The molecule has 0 saturated heterocycles. The molecule has 1 aliphatic heterocycles. The highest BCUT2D eigenvalue weighted by Crippen LogP contribution is 2.32. The van der Waals surface area contributed by atoms with E-state index < -0.39 is 0 Å². The van der Waals surface area contributed by atoms with Crippen LogP contribution in [0.25, 0.3) is 0 Å². The third-order valence-electron chi connectivity index (χ3n) is 2.69. The number of hydrogen-bond acceptors (Lipinski definition) is 4. The summed E-state index contributed by atoms with van der Waals surface area (Å²) in [7, 11) is 0. The summed E-state index contributed by atoms with van der Waals surface area (Å²) in [4.78, 5) is 4.66. The molecule has 1 unspecified atom stereocenters. The second kappa shape index (κ2) is 4.60. The molecule has 82 valence electrons. The predicted octanol–water partition coefficient (Wildman–Crippen LogP) is 3.04. The Hall–Kier alpha value is -0.450. The van der Waals surface area contributed by atoms with E-state index >= 15 is 0 Å². The molecule has 0 aliphatic carbocycles. The summed E-state index contributed by atoms with van der Waals surface area (Å²) in [6.07, 6.45) is -0.355. The Labute approximate surface area is 98.6 Å². The Morgan fingerprint density at radius 1 is 1.53 bits per heavy atom. The predicted molar refractivity (Wildman–Crippen MR) is 66.8 cm³/mol. The first kappa shape index (κ1) is 11.0. The van der Waals surface area contributed by atoms with Crippen molar-refractivity contribution in [2.24, 2.45) is 0 Å². The largest absolute Gasteiger partial charge is 0.386 e. The molecule has 0 aromatic carbocycles. The van der Waals surface area contributed by atoms with Gasteiger partial charge in [-0.3, -0.25) is 0 Å². The minimum atomic E-state index is -0.355. The molecule has 0 radical (unpaired) electrons. The van der Waals surface area contributed by atoms with E-state index in [9.17, 15) is 5.11 Å². The van der Waals surface area contributed by atoms with Crippen LogP contribution in [0.3, 0.4) is 0 Å². The number of thiophene rings is 1. The second-order valence-electron chi connectivity index (χ2n) is 3.67. The Kier molecular flexibility index (Phi) is 3.38. The Morgan fingerprint density at radius 3 is 2.87 bits per heavy atom. The molecule has 0 fully saturated rings. The lowest BCUT2D eigenvalue weighted by molar-refractivity contribution is 0.142. The van der Waals surface area contributed by atoms with Crippen molar-refractivity contribution in [3.05, 3.63) is 33.0 Å². The Morgan fingerprint density at radius 2 is 2.33 bits per heavy atom. The SMILES string of the molecule is CC1=C(C)N(CC(O)c2cccs2)CS1. The van der Waals surface area contributed by atoms with Gasteiger partial charge in [-0.15, -0.1) is 23.1 Å². The van der Waals surface area contributed by atoms with Gasteiger partial charge in [-0.1, -0.05) is 6.07 Å². The van der Waals surface area contributed by atoms with Crippen molar-refractivity contribution < 1.29 is 5.11 Å². The van der Waals surface area contributed by atoms with E-state index in [1.165, 1.54) is 10.6 Å². The third kappa shape index (κ3) is 2.38. The van der Waals surface area contributed by atoms with E-state index in [0.717, 1.165) is 10.8 Å². The number of rotatable bonds is 3. The first-order valence-corrected chi connectivity index (χ1v) is 6.81. The normalized spacial score (nSPS) is 18.7. The van der Waals surface area contributed by atoms with Gasteiger partial charge in [-0.2, -0.15) is 0 Å². The van der Waals surface area contributed by atoms with E-state index in [0.29, 0.717) is 6.54 Å². The van der Waals surface area contributed by atoms with E-state index in [1.807, 2.05) is 29.3 Å². The molecule has 0 bridgehead atoms. The van der Waals surface area contributed by atoms with Crippen molar-refractivity contribution in [2.45, 2.75) is 20.0 Å². The Balaban J connectivity index is 1.99. The summed E-state index contributed by atoms with van der Waals surface area (Å²) in [5.74, 6) is 0.972. The van der Waals surface area contributed by atoms with Crippen LogP contribution in [0.2, 0.25) is 0 Å². The lowest BCUT2D eigenvalue weighted by atomic mass is 10.2. The first-order valence-electron chi connectivity index (χ1n) is 4.95. The van der Waals surface area contributed by atoms with Gasteiger partial charge in [0, 0.05) is 22.0 Å². The quantitative estimate of drug-likeness (QED) is 0.880. The smallest absolute Gasteiger partial charge is 0.106 e. The van der Waals surface area contributed by atoms with E-state index in [-0.39, 0.29) is 6.10 Å². The highest BCUT2D eigenvalue weighted by Gasteiger charge is 2.20. The van der Waals surface area contributed by atoms with Gasteiger partial charge in [-0.05, 0) is 25.3 Å². The molecule has 4 heteroatoms. The number of β-amino-alcohol motifs (C(OH)–C–C–N with tert-alkyl or cyclic N) is 1. The number of nitrogens with zero attached hydrogens (tertiary/aromatic N) is 1. The molecule has 2 rings (SSSR count). The van der Waals surface area contributed by atoms with Gasteiger partial charge in [0.25, 0.3) is 0 Å². The van der Waals surface area contributed by atoms with Crippen LogP contribution in [-0.2, 0) is 0 Å². The fourth-order valence-corrected chi connectivity index (χ4v) is 3.26. The summed E-state index contributed by atoms with van der Waals surface area (Å²) < 4.78 is 0. The van der Waals surface area contributed by atoms with Gasteiger partial charge in [0.15, 0.2) is 0 Å². The maximum atomic E-state index is 10.0. The summed E-state index contributed by atoms with van der Waals surface area (Å²) in [5, 5.41) is 12.0. The highest BCUT2D eigenvalue weighted by atomic mass is 32.2. The summed E-state index contributed by atoms with van der Waals surface area (Å²) in [6, 6.07) is 3.97. The second-order valence-corrected chi connectivity index (χ2v) is 5.81. The zero-order valence-electron chi connectivity index (χ0n) is 8.93. The van der Waals surface area contributed by atoms with E-state index in [4.69, 9.17) is 0 Å². The van der Waals surface area contributed by atoms with Crippen molar-refractivity contribution >= 4 is 23.1 Å². The first-order chi connectivity index (χ1) is 7.18. The van der Waals surface area contributed by atoms with E-state index in [1.54, 1.807) is 11.3 Å². The van der Waals surface area contributed by atoms with Crippen LogP contribution in [0.15, 0.2) is 28.1 Å². The maximum Gasteiger partial charge on any atom is 0.106 e. The van der Waals surface area contributed by atoms with Gasteiger partial charge in [0.1, 0.15) is 6.10 Å². The molecule has 1 aliphatic rings. The molecule has 1 aromatic heterocycles. The molecule has 1 atom stereocenters. The fraction of sp³-hybridized carbons (Fsp3) is 0.455. The summed E-state index contributed by atoms with van der Waals surface area (Å²) in [6.45, 7) is 4.96. The number of thioether (sulfide) groups is 1. The standard InChI is InChI=1S/C11H15NOS2/c1-8-9(2)15-7-12(8)6-10(13)11-4-3-5-14-11/h3-5,10,13H,6-7H2,1-2H3. The average Bonchev–Trinajstić information content (AvgIpc) is 2.83. The van der Waals surface area contributed by atoms with Crippen molar-refractivity contribution in [1.82, 2.24) is 4.90 Å². The highest BCUT2D eigenvalue weighted by molar-refractivity contribution is 8.03. The van der Waals surface area contributed by atoms with Crippen molar-refractivity contribution in [3.8, 4) is 0 Å². The van der Waals surface area contributed by atoms with Gasteiger partial charge < -0.3 is 10.0 Å². The fourth-order valence-electron chi connectivity index (χ4n) is 1.57. The van der Waals surface area contributed by atoms with Crippen LogP contribution in [0.1, 0.15) is 24.8 Å². The molecular weight excluding hydrogens is 226 g/mol. The minimum Gasteiger partial charge on any atom is -0.386 e. The van der Waals surface area contributed by atoms with Crippen LogP contribution in [0.4, 0.5) is 0 Å². The molecule has 0 amide bonds. The number of hydrogen-bond donors (Lipinski definition) is 1. The van der Waals surface area contributed by atoms with E-state index in [2.05, 4.69) is 18.7 Å². The van der Waals surface area contributed by atoms with Gasteiger partial charge in [0.2, 0.25) is 0 Å². The molecule has 0 saturated carbocycles. The summed E-state index contributed by atoms with van der Waals surface area (Å²) >= 11 is 3.47. The summed E-state index contributed by atoms with van der Waals surface area (Å²) in [5.41, 5.74) is 1.30. The zero-order chi connectivity index (χ0) is 10.8. The lowest BCUT2D eigenvalue weighted by Gasteiger charge is -2.22. The van der Waals surface area contributed by atoms with Crippen molar-refractivity contribution in [3.63, 3.8) is 0 Å². The van der Waals surface area contributed by atoms with Crippen molar-refractivity contribution in [1.29, 1.82) is 0 Å².